The van der Waals surface area contributed by atoms with Crippen LogP contribution in [0.15, 0.2) is 0 Å². The van der Waals surface area contributed by atoms with Gasteiger partial charge in [-0.05, 0) is 25.7 Å². The lowest BCUT2D eigenvalue weighted by atomic mass is 10.0. The van der Waals surface area contributed by atoms with Gasteiger partial charge in [0.05, 0.1) is 84.6 Å². The van der Waals surface area contributed by atoms with Gasteiger partial charge < -0.3 is 48.4 Å². The second-order valence-corrected chi connectivity index (χ2v) is 29.4. The first-order valence-corrected chi connectivity index (χ1v) is 36.8. The Labute approximate surface area is 480 Å². The van der Waals surface area contributed by atoms with E-state index in [-0.39, 0.29) is 105 Å². The summed E-state index contributed by atoms with van der Waals surface area (Å²) in [6, 6.07) is 0.277. The highest BCUT2D eigenvalue weighted by molar-refractivity contribution is 7.86. The molecule has 4 atom stereocenters. The molecule has 0 saturated carbocycles. The second kappa shape index (κ2) is 47.6. The van der Waals surface area contributed by atoms with Gasteiger partial charge in [-0.1, -0.05) is 142 Å². The maximum Gasteiger partial charge on any atom is 0.501 e. The van der Waals surface area contributed by atoms with Crippen LogP contribution in [-0.2, 0) is 43.6 Å². The Morgan fingerprint density at radius 1 is 0.392 bits per heavy atom. The van der Waals surface area contributed by atoms with E-state index in [9.17, 15) is 69.6 Å². The van der Waals surface area contributed by atoms with Crippen LogP contribution in [0.5, 0.6) is 0 Å². The fourth-order valence-corrected chi connectivity index (χ4v) is 14.4. The van der Waals surface area contributed by atoms with Crippen molar-refractivity contribution in [1.82, 2.24) is 14.7 Å². The van der Waals surface area contributed by atoms with Gasteiger partial charge in [0.15, 0.2) is 0 Å². The number of rotatable bonds is 60. The van der Waals surface area contributed by atoms with Crippen molar-refractivity contribution in [3.8, 4) is 0 Å². The zero-order chi connectivity index (χ0) is 59.3. The van der Waals surface area contributed by atoms with Crippen molar-refractivity contribution >= 4 is 39.2 Å². The van der Waals surface area contributed by atoms with Crippen molar-refractivity contribution in [3.63, 3.8) is 0 Å². The molecule has 79 heavy (non-hydrogen) atoms. The van der Waals surface area contributed by atoms with E-state index in [1.807, 2.05) is 0 Å². The van der Waals surface area contributed by atoms with Gasteiger partial charge >= 0.3 is 8.80 Å². The standard InChI is InChI=1S/C53H114N4O18S3Si/c1-4-6-8-10-12-14-15-16-17-18-19-20-21-23-25-27-36-57(3,35-26-24-22-13-11-9-7-5-2)37-28-44-79(73-41-32-54(29-38-58)45-51(61)48-76(64,65)66,74-42-33-55(30-39-59)46-52(62)49-77(67,68)69)75-43-34-56(31-40-60)47-53(63)50-78(70,71)72/h51-53,58-63H,4-50H2,1-3H3,(H2-,64,65,66,67,68,69,70,71,72)/p+1. The smallest absolute Gasteiger partial charge is 0.395 e. The van der Waals surface area contributed by atoms with Gasteiger partial charge in [0.2, 0.25) is 0 Å². The largest absolute Gasteiger partial charge is 0.501 e. The number of quaternary nitrogens is 1. The molecule has 0 radical (unpaired) electrons. The van der Waals surface area contributed by atoms with E-state index >= 15 is 0 Å². The molecule has 4 unspecified atom stereocenters. The molecule has 0 aromatic heterocycles. The molecule has 0 aliphatic rings. The monoisotopic (exact) mass is 1220 g/mol. The van der Waals surface area contributed by atoms with Crippen LogP contribution in [-0.4, -0.2) is 258 Å². The van der Waals surface area contributed by atoms with E-state index in [2.05, 4.69) is 20.9 Å². The van der Waals surface area contributed by atoms with Crippen LogP contribution in [0.3, 0.4) is 0 Å². The summed E-state index contributed by atoms with van der Waals surface area (Å²) in [4.78, 5) is 4.68. The summed E-state index contributed by atoms with van der Waals surface area (Å²) < 4.78 is 118. The molecule has 0 saturated heterocycles. The third-order valence-electron chi connectivity index (χ3n) is 14.3. The normalized spacial score (nSPS) is 15.5. The van der Waals surface area contributed by atoms with E-state index in [1.165, 1.54) is 128 Å². The number of hydrogen-bond donors (Lipinski definition) is 9. The van der Waals surface area contributed by atoms with Gasteiger partial charge in [0.1, 0.15) is 17.3 Å². The third kappa shape index (κ3) is 49.4. The number of aliphatic hydroxyl groups excluding tert-OH is 6. The van der Waals surface area contributed by atoms with Crippen molar-refractivity contribution in [3.05, 3.63) is 0 Å². The summed E-state index contributed by atoms with van der Waals surface area (Å²) in [6.07, 6.45) is 26.1. The van der Waals surface area contributed by atoms with E-state index < -0.39 is 74.7 Å². The molecule has 0 bridgehead atoms. The minimum absolute atomic E-state index is 0.0140. The minimum Gasteiger partial charge on any atom is -0.395 e. The summed E-state index contributed by atoms with van der Waals surface area (Å²) >= 11 is 0. The summed E-state index contributed by atoms with van der Waals surface area (Å²) in [5, 5.41) is 61.2. The van der Waals surface area contributed by atoms with Gasteiger partial charge in [-0.25, -0.2) is 0 Å². The predicted molar refractivity (Wildman–Crippen MR) is 314 cm³/mol. The van der Waals surface area contributed by atoms with Crippen LogP contribution in [0.25, 0.3) is 0 Å². The summed E-state index contributed by atoms with van der Waals surface area (Å²) in [7, 11) is -15.2. The van der Waals surface area contributed by atoms with Crippen molar-refractivity contribution < 1.29 is 87.3 Å². The Morgan fingerprint density at radius 3 is 0.873 bits per heavy atom. The van der Waals surface area contributed by atoms with E-state index in [0.29, 0.717) is 6.42 Å². The fourth-order valence-electron chi connectivity index (χ4n) is 10.1. The molecule has 0 aliphatic carbocycles. The maximum atomic E-state index is 11.6. The highest BCUT2D eigenvalue weighted by Gasteiger charge is 2.42. The van der Waals surface area contributed by atoms with Gasteiger partial charge in [0, 0.05) is 71.4 Å². The van der Waals surface area contributed by atoms with Gasteiger partial charge in [-0.15, -0.1) is 0 Å². The third-order valence-corrected chi connectivity index (χ3v) is 19.7. The SMILES string of the molecule is CCCCCCCCCCCCCCCCCC[N+](C)(CCCCCCCCCC)CCC[Si](OCCN(CCO)CC(O)CS(=O)(=O)O)(OCCN(CCO)CC(O)CS(=O)(=O)O)OCCN(CCO)CC(O)CS(=O)(=O)O. The molecular formula is C53H115N4O18S3Si+. The number of hydrogen-bond acceptors (Lipinski definition) is 18. The molecule has 0 amide bonds. The number of unbranched alkanes of at least 4 members (excludes halogenated alkanes) is 22. The molecular weight excluding hydrogens is 1100 g/mol. The topological polar surface area (TPSA) is 322 Å². The summed E-state index contributed by atoms with van der Waals surface area (Å²) in [6.45, 7) is 5.27. The van der Waals surface area contributed by atoms with Crippen LogP contribution < -0.4 is 0 Å². The Hall–Kier alpha value is -0.573. The first-order valence-electron chi connectivity index (χ1n) is 30.1. The molecule has 0 aliphatic heterocycles. The van der Waals surface area contributed by atoms with E-state index in [4.69, 9.17) is 13.3 Å². The first-order chi connectivity index (χ1) is 37.4. The van der Waals surface area contributed by atoms with Crippen LogP contribution in [0, 0.1) is 0 Å². The Kier molecular flexibility index (Phi) is 47.3. The van der Waals surface area contributed by atoms with Gasteiger partial charge in [-0.2, -0.15) is 25.3 Å². The highest BCUT2D eigenvalue weighted by atomic mass is 32.2. The Balaban J connectivity index is 6.63. The molecule has 0 aromatic carbocycles. The lowest BCUT2D eigenvalue weighted by Gasteiger charge is -2.37. The van der Waals surface area contributed by atoms with E-state index in [0.717, 1.165) is 49.8 Å². The lowest BCUT2D eigenvalue weighted by Crippen LogP contribution is -2.52. The van der Waals surface area contributed by atoms with Gasteiger partial charge in [0.25, 0.3) is 30.4 Å². The number of aliphatic hydroxyl groups is 6. The average Bonchev–Trinajstić information content (AvgIpc) is 3.33. The summed E-state index contributed by atoms with van der Waals surface area (Å²) in [5.74, 6) is -2.78. The Bertz CT molecular complexity index is 1630. The molecule has 0 spiro atoms. The first kappa shape index (κ1) is 78.4. The average molecular weight is 1220 g/mol. The Morgan fingerprint density at radius 2 is 0.633 bits per heavy atom. The minimum atomic E-state index is -4.52. The van der Waals surface area contributed by atoms with Crippen molar-refractivity contribution in [2.45, 2.75) is 199 Å². The highest BCUT2D eigenvalue weighted by Crippen LogP contribution is 2.23. The molecule has 0 aromatic rings. The van der Waals surface area contributed by atoms with Crippen molar-refractivity contribution in [2.75, 3.05) is 142 Å². The molecule has 0 fully saturated rings. The molecule has 0 rings (SSSR count). The van der Waals surface area contributed by atoms with E-state index in [1.54, 1.807) is 14.7 Å². The maximum absolute atomic E-state index is 11.6. The van der Waals surface area contributed by atoms with Gasteiger partial charge in [-0.3, -0.25) is 28.4 Å². The van der Waals surface area contributed by atoms with Crippen LogP contribution >= 0.6 is 0 Å². The molecule has 0 heterocycles. The van der Waals surface area contributed by atoms with Crippen LogP contribution in [0.2, 0.25) is 6.04 Å². The second-order valence-electron chi connectivity index (χ2n) is 22.2. The zero-order valence-electron chi connectivity index (χ0n) is 49.2. The predicted octanol–water partition coefficient (Wildman–Crippen LogP) is 4.84. The zero-order valence-corrected chi connectivity index (χ0v) is 52.6. The quantitative estimate of drug-likeness (QED) is 0.0170. The summed E-state index contributed by atoms with van der Waals surface area (Å²) in [5.41, 5.74) is 0. The van der Waals surface area contributed by atoms with Crippen molar-refractivity contribution in [2.24, 2.45) is 0 Å². The molecule has 9 N–H and O–H groups in total. The molecule has 22 nitrogen and oxygen atoms in total. The van der Waals surface area contributed by atoms with Crippen molar-refractivity contribution in [1.29, 1.82) is 0 Å². The molecule has 26 heteroatoms. The number of nitrogens with zero attached hydrogens (tertiary/aromatic N) is 4. The van der Waals surface area contributed by atoms with Crippen LogP contribution in [0.4, 0.5) is 0 Å². The van der Waals surface area contributed by atoms with Crippen LogP contribution in [0.1, 0.15) is 174 Å². The fraction of sp³-hybridized carbons (Fsp3) is 1.00. The molecule has 476 valence electrons. The lowest BCUT2D eigenvalue weighted by molar-refractivity contribution is -0.910.